The van der Waals surface area contributed by atoms with Gasteiger partial charge in [-0.2, -0.15) is 13.2 Å². The van der Waals surface area contributed by atoms with Crippen LogP contribution in [0, 0.1) is 0 Å². The Bertz CT molecular complexity index is 1200. The van der Waals surface area contributed by atoms with Gasteiger partial charge < -0.3 is 14.4 Å². The highest BCUT2D eigenvalue weighted by molar-refractivity contribution is 8.00. The Morgan fingerprint density at radius 1 is 1.00 bits per heavy atom. The first-order chi connectivity index (χ1) is 15.2. The number of hydrogen-bond acceptors (Lipinski definition) is 4. The number of hydrogen-bond donors (Lipinski definition) is 0. The van der Waals surface area contributed by atoms with Crippen molar-refractivity contribution >= 4 is 34.3 Å². The SMILES string of the molecule is Cn1c(=O)cc(SCC(=O)N2CCN(c3cccc(C(F)(F)F)c3)CC2)c2ccccc21. The standard InChI is InChI=1S/C23H22F3N3O2S/c1-27-19-8-3-2-7-18(19)20(14-21(27)30)32-15-22(31)29-11-9-28(10-12-29)17-6-4-5-16(13-17)23(24,25)26/h2-8,13-14H,9-12,15H2,1H3. The van der Waals surface area contributed by atoms with Gasteiger partial charge in [-0.25, -0.2) is 0 Å². The number of carbonyl (C=O) groups excluding carboxylic acids is 1. The van der Waals surface area contributed by atoms with Gasteiger partial charge in [-0.1, -0.05) is 24.3 Å². The van der Waals surface area contributed by atoms with Crippen LogP contribution in [-0.4, -0.2) is 47.3 Å². The van der Waals surface area contributed by atoms with Crippen molar-refractivity contribution in [2.45, 2.75) is 11.1 Å². The number of halogens is 3. The number of fused-ring (bicyclic) bond motifs is 1. The van der Waals surface area contributed by atoms with E-state index < -0.39 is 11.7 Å². The summed E-state index contributed by atoms with van der Waals surface area (Å²) in [7, 11) is 1.72. The maximum absolute atomic E-state index is 13.0. The molecule has 4 rings (SSSR count). The van der Waals surface area contributed by atoms with Crippen LogP contribution < -0.4 is 10.5 Å². The topological polar surface area (TPSA) is 45.6 Å². The van der Waals surface area contributed by atoms with Gasteiger partial charge in [0.1, 0.15) is 0 Å². The lowest BCUT2D eigenvalue weighted by Gasteiger charge is -2.36. The molecule has 0 bridgehead atoms. The highest BCUT2D eigenvalue weighted by atomic mass is 32.2. The molecule has 0 N–H and O–H groups in total. The number of piperazine rings is 1. The fourth-order valence-electron chi connectivity index (χ4n) is 3.82. The number of thioether (sulfide) groups is 1. The minimum absolute atomic E-state index is 0.0524. The van der Waals surface area contributed by atoms with E-state index in [0.29, 0.717) is 31.9 Å². The van der Waals surface area contributed by atoms with Crippen molar-refractivity contribution in [1.29, 1.82) is 0 Å². The van der Waals surface area contributed by atoms with E-state index in [-0.39, 0.29) is 17.2 Å². The van der Waals surface area contributed by atoms with Crippen molar-refractivity contribution < 1.29 is 18.0 Å². The number of amides is 1. The van der Waals surface area contributed by atoms with E-state index in [1.165, 1.54) is 17.8 Å². The molecule has 9 heteroatoms. The number of anilines is 1. The highest BCUT2D eigenvalue weighted by Gasteiger charge is 2.31. The number of benzene rings is 2. The first-order valence-electron chi connectivity index (χ1n) is 10.2. The summed E-state index contributed by atoms with van der Waals surface area (Å²) in [4.78, 5) is 29.3. The largest absolute Gasteiger partial charge is 0.416 e. The monoisotopic (exact) mass is 461 g/mol. The van der Waals surface area contributed by atoms with Crippen LogP contribution in [0.4, 0.5) is 18.9 Å². The van der Waals surface area contributed by atoms with Crippen LogP contribution in [-0.2, 0) is 18.0 Å². The predicted octanol–water partition coefficient (Wildman–Crippen LogP) is 4.00. The van der Waals surface area contributed by atoms with Gasteiger partial charge in [0, 0.05) is 55.3 Å². The average molecular weight is 462 g/mol. The van der Waals surface area contributed by atoms with Gasteiger partial charge in [0.05, 0.1) is 16.8 Å². The Balaban J connectivity index is 1.39. The molecule has 1 saturated heterocycles. The molecule has 0 radical (unpaired) electrons. The summed E-state index contributed by atoms with van der Waals surface area (Å²) in [6.45, 7) is 1.80. The number of carbonyl (C=O) groups is 1. The normalized spacial score (nSPS) is 14.8. The fourth-order valence-corrected chi connectivity index (χ4v) is 4.80. The third-order valence-electron chi connectivity index (χ3n) is 5.64. The Labute approximate surface area is 187 Å². The molecule has 1 aliphatic heterocycles. The number of pyridine rings is 1. The van der Waals surface area contributed by atoms with E-state index in [2.05, 4.69) is 0 Å². The van der Waals surface area contributed by atoms with Crippen molar-refractivity contribution in [3.63, 3.8) is 0 Å². The van der Waals surface area contributed by atoms with Crippen LogP contribution >= 0.6 is 11.8 Å². The van der Waals surface area contributed by atoms with E-state index >= 15 is 0 Å². The summed E-state index contributed by atoms with van der Waals surface area (Å²) < 4.78 is 40.5. The molecule has 168 valence electrons. The van der Waals surface area contributed by atoms with Crippen LogP contribution in [0.25, 0.3) is 10.9 Å². The van der Waals surface area contributed by atoms with Gasteiger partial charge in [-0.15, -0.1) is 11.8 Å². The van der Waals surface area contributed by atoms with Crippen molar-refractivity contribution in [3.05, 3.63) is 70.5 Å². The van der Waals surface area contributed by atoms with Crippen molar-refractivity contribution in [3.8, 4) is 0 Å². The molecule has 1 amide bonds. The van der Waals surface area contributed by atoms with Crippen LogP contribution in [0.3, 0.4) is 0 Å². The third-order valence-corrected chi connectivity index (χ3v) is 6.68. The van der Waals surface area contributed by atoms with Crippen LogP contribution in [0.1, 0.15) is 5.56 Å². The minimum Gasteiger partial charge on any atom is -0.368 e. The second-order valence-electron chi connectivity index (χ2n) is 7.63. The van der Waals surface area contributed by atoms with Gasteiger partial charge in [-0.05, 0) is 24.3 Å². The maximum atomic E-state index is 13.0. The molecule has 0 saturated carbocycles. The van der Waals surface area contributed by atoms with Gasteiger partial charge in [-0.3, -0.25) is 9.59 Å². The molecule has 2 aromatic carbocycles. The lowest BCUT2D eigenvalue weighted by Crippen LogP contribution is -2.49. The lowest BCUT2D eigenvalue weighted by molar-refractivity contribution is -0.137. The molecule has 0 aliphatic carbocycles. The van der Waals surface area contributed by atoms with E-state index in [1.807, 2.05) is 29.2 Å². The minimum atomic E-state index is -4.38. The molecular formula is C23H22F3N3O2S. The number of nitrogens with zero attached hydrogens (tertiary/aromatic N) is 3. The fraction of sp³-hybridized carbons (Fsp3) is 0.304. The molecule has 0 spiro atoms. The van der Waals surface area contributed by atoms with Crippen LogP contribution in [0.5, 0.6) is 0 Å². The lowest BCUT2D eigenvalue weighted by atomic mass is 10.1. The third kappa shape index (κ3) is 4.62. The highest BCUT2D eigenvalue weighted by Crippen LogP contribution is 2.32. The van der Waals surface area contributed by atoms with Gasteiger partial charge >= 0.3 is 6.18 Å². The Kier molecular flexibility index (Phi) is 6.19. The summed E-state index contributed by atoms with van der Waals surface area (Å²) >= 11 is 1.33. The summed E-state index contributed by atoms with van der Waals surface area (Å²) in [5.74, 6) is 0.143. The summed E-state index contributed by atoms with van der Waals surface area (Å²) in [6, 6.07) is 14.4. The Morgan fingerprint density at radius 3 is 2.44 bits per heavy atom. The van der Waals surface area contributed by atoms with Crippen molar-refractivity contribution in [1.82, 2.24) is 9.47 Å². The second-order valence-corrected chi connectivity index (χ2v) is 8.64. The second kappa shape index (κ2) is 8.90. The summed E-state index contributed by atoms with van der Waals surface area (Å²) in [5.41, 5.74) is 0.511. The zero-order valence-electron chi connectivity index (χ0n) is 17.4. The van der Waals surface area contributed by atoms with Gasteiger partial charge in [0.2, 0.25) is 5.91 Å². The molecule has 2 heterocycles. The summed E-state index contributed by atoms with van der Waals surface area (Å²) in [5, 5.41) is 0.918. The van der Waals surface area contributed by atoms with Gasteiger partial charge in [0.15, 0.2) is 0 Å². The molecule has 32 heavy (non-hydrogen) atoms. The molecule has 1 aliphatic rings. The first kappa shape index (κ1) is 22.3. The van der Waals surface area contributed by atoms with E-state index in [1.54, 1.807) is 28.6 Å². The Morgan fingerprint density at radius 2 is 1.72 bits per heavy atom. The first-order valence-corrected chi connectivity index (χ1v) is 11.1. The van der Waals surface area contributed by atoms with Crippen LogP contribution in [0.2, 0.25) is 0 Å². The summed E-state index contributed by atoms with van der Waals surface area (Å²) in [6.07, 6.45) is -4.38. The van der Waals surface area contributed by atoms with Crippen LogP contribution in [0.15, 0.2) is 64.3 Å². The van der Waals surface area contributed by atoms with Crippen molar-refractivity contribution in [2.75, 3.05) is 36.8 Å². The van der Waals surface area contributed by atoms with Gasteiger partial charge in [0.25, 0.3) is 5.56 Å². The molecule has 1 fully saturated rings. The van der Waals surface area contributed by atoms with Crippen molar-refractivity contribution in [2.24, 2.45) is 7.05 Å². The predicted molar refractivity (Wildman–Crippen MR) is 120 cm³/mol. The average Bonchev–Trinajstić information content (AvgIpc) is 2.80. The zero-order valence-corrected chi connectivity index (χ0v) is 18.2. The van der Waals surface area contributed by atoms with E-state index in [0.717, 1.165) is 27.9 Å². The molecule has 1 aromatic heterocycles. The number of rotatable bonds is 4. The number of aromatic nitrogens is 1. The zero-order chi connectivity index (χ0) is 22.9. The smallest absolute Gasteiger partial charge is 0.368 e. The van der Waals surface area contributed by atoms with E-state index in [9.17, 15) is 22.8 Å². The molecular weight excluding hydrogens is 439 g/mol. The van der Waals surface area contributed by atoms with E-state index in [4.69, 9.17) is 0 Å². The molecule has 0 atom stereocenters. The molecule has 3 aromatic rings. The molecule has 5 nitrogen and oxygen atoms in total. The number of aryl methyl sites for hydroxylation is 1. The quantitative estimate of drug-likeness (QED) is 0.551. The number of alkyl halides is 3. The number of para-hydroxylation sites is 1. The Hall–Kier alpha value is -2.94. The molecule has 0 unspecified atom stereocenters. The maximum Gasteiger partial charge on any atom is 0.416 e.